The average molecular weight is 461 g/mol. The van der Waals surface area contributed by atoms with Gasteiger partial charge in [0, 0.05) is 45.5 Å². The largest absolute Gasteiger partial charge is 0.343 e. The molecular weight excluding hydrogens is 424 g/mol. The van der Waals surface area contributed by atoms with Crippen LogP contribution in [0.3, 0.4) is 0 Å². The lowest BCUT2D eigenvalue weighted by Crippen LogP contribution is -2.39. The van der Waals surface area contributed by atoms with Crippen molar-refractivity contribution in [3.8, 4) is 0 Å². The van der Waals surface area contributed by atoms with Crippen molar-refractivity contribution in [2.75, 3.05) is 26.2 Å². The number of hydrogen-bond donors (Lipinski definition) is 0. The van der Waals surface area contributed by atoms with Crippen LogP contribution in [-0.2, 0) is 17.6 Å². The number of carbonyl (C=O) groups is 2. The van der Waals surface area contributed by atoms with Crippen LogP contribution >= 0.6 is 0 Å². The number of rotatable bonds is 5. The van der Waals surface area contributed by atoms with E-state index in [-0.39, 0.29) is 11.8 Å². The standard InChI is InChI=1S/C28H36N4O2/c1-20(33)31-14-6-9-22(17-31)16-26-27(30-13-12-29-26)28(34)32-18-24-11-5-10-23(25(24)19-32)15-21-7-3-2-4-8-21/h2-4,7-8,12-13,22-25H,5-6,9-11,14-19H2,1H3/t22-,23-,24-,25-/m1/s1. The highest BCUT2D eigenvalue weighted by molar-refractivity contribution is 5.93. The Morgan fingerprint density at radius 2 is 1.74 bits per heavy atom. The van der Waals surface area contributed by atoms with E-state index in [1.807, 2.05) is 4.90 Å². The molecule has 6 heteroatoms. The van der Waals surface area contributed by atoms with Gasteiger partial charge in [-0.05, 0) is 67.8 Å². The number of benzene rings is 1. The fraction of sp³-hybridized carbons (Fsp3) is 0.571. The summed E-state index contributed by atoms with van der Waals surface area (Å²) < 4.78 is 0. The number of carbonyl (C=O) groups excluding carboxylic acids is 2. The maximum atomic E-state index is 13.6. The average Bonchev–Trinajstić information content (AvgIpc) is 3.30. The van der Waals surface area contributed by atoms with E-state index >= 15 is 0 Å². The third kappa shape index (κ3) is 5.01. The minimum atomic E-state index is 0.0372. The van der Waals surface area contributed by atoms with E-state index in [1.54, 1.807) is 19.3 Å². The van der Waals surface area contributed by atoms with E-state index in [2.05, 4.69) is 45.2 Å². The summed E-state index contributed by atoms with van der Waals surface area (Å²) in [4.78, 5) is 38.6. The van der Waals surface area contributed by atoms with Gasteiger partial charge in [-0.1, -0.05) is 36.8 Å². The SMILES string of the molecule is CC(=O)N1CCC[C@H](Cc2nccnc2C(=O)N2C[C@H]3CCC[C@H](Cc4ccccc4)[C@H]3C2)C1. The van der Waals surface area contributed by atoms with Crippen molar-refractivity contribution in [1.82, 2.24) is 19.8 Å². The Balaban J connectivity index is 1.27. The first-order chi connectivity index (χ1) is 16.6. The molecule has 1 saturated carbocycles. The first kappa shape index (κ1) is 23.0. The highest BCUT2D eigenvalue weighted by Gasteiger charge is 2.42. The minimum absolute atomic E-state index is 0.0372. The molecule has 180 valence electrons. The van der Waals surface area contributed by atoms with Gasteiger partial charge in [-0.3, -0.25) is 14.6 Å². The molecule has 6 nitrogen and oxygen atoms in total. The van der Waals surface area contributed by atoms with Gasteiger partial charge in [0.25, 0.3) is 5.91 Å². The van der Waals surface area contributed by atoms with Crippen LogP contribution in [0, 0.1) is 23.7 Å². The predicted octanol–water partition coefficient (Wildman–Crippen LogP) is 4.01. The van der Waals surface area contributed by atoms with Gasteiger partial charge in [0.1, 0.15) is 5.69 Å². The summed E-state index contributed by atoms with van der Waals surface area (Å²) in [6.07, 6.45) is 10.9. The molecule has 1 aromatic heterocycles. The Kier molecular flexibility index (Phi) is 6.93. The molecule has 0 bridgehead atoms. The molecule has 2 aromatic rings. The van der Waals surface area contributed by atoms with E-state index in [0.29, 0.717) is 35.8 Å². The molecular formula is C28H36N4O2. The Morgan fingerprint density at radius 3 is 2.56 bits per heavy atom. The second-order valence-electron chi connectivity index (χ2n) is 10.5. The third-order valence-electron chi connectivity index (χ3n) is 8.30. The Morgan fingerprint density at radius 1 is 0.912 bits per heavy atom. The number of piperidine rings is 1. The summed E-state index contributed by atoms with van der Waals surface area (Å²) in [6.45, 7) is 4.88. The van der Waals surface area contributed by atoms with Crippen LogP contribution in [0.2, 0.25) is 0 Å². The monoisotopic (exact) mass is 460 g/mol. The van der Waals surface area contributed by atoms with Crippen LogP contribution in [0.5, 0.6) is 0 Å². The number of nitrogens with zero attached hydrogens (tertiary/aromatic N) is 4. The molecule has 3 fully saturated rings. The van der Waals surface area contributed by atoms with Crippen LogP contribution in [0.1, 0.15) is 60.8 Å². The number of hydrogen-bond acceptors (Lipinski definition) is 4. The van der Waals surface area contributed by atoms with Gasteiger partial charge >= 0.3 is 0 Å². The van der Waals surface area contributed by atoms with Crippen molar-refractivity contribution in [3.05, 3.63) is 59.7 Å². The molecule has 3 aliphatic rings. The number of fused-ring (bicyclic) bond motifs is 1. The van der Waals surface area contributed by atoms with Crippen LogP contribution in [-0.4, -0.2) is 57.8 Å². The Hall–Kier alpha value is -2.76. The lowest BCUT2D eigenvalue weighted by atomic mass is 9.72. The summed E-state index contributed by atoms with van der Waals surface area (Å²) in [5.74, 6) is 2.30. The molecule has 3 heterocycles. The van der Waals surface area contributed by atoms with Crippen LogP contribution < -0.4 is 0 Å². The first-order valence-corrected chi connectivity index (χ1v) is 13.0. The topological polar surface area (TPSA) is 66.4 Å². The molecule has 1 aromatic carbocycles. The van der Waals surface area contributed by atoms with Crippen LogP contribution in [0.25, 0.3) is 0 Å². The molecule has 0 unspecified atom stereocenters. The zero-order chi connectivity index (χ0) is 23.5. The Bertz CT molecular complexity index is 1010. The Labute approximate surface area is 202 Å². The van der Waals surface area contributed by atoms with E-state index in [0.717, 1.165) is 51.1 Å². The number of likely N-dealkylation sites (tertiary alicyclic amines) is 2. The summed E-state index contributed by atoms with van der Waals surface area (Å²) in [6, 6.07) is 10.8. The van der Waals surface area contributed by atoms with Crippen molar-refractivity contribution < 1.29 is 9.59 Å². The van der Waals surface area contributed by atoms with Gasteiger partial charge in [-0.15, -0.1) is 0 Å². The second-order valence-corrected chi connectivity index (χ2v) is 10.5. The zero-order valence-corrected chi connectivity index (χ0v) is 20.2. The second kappa shape index (κ2) is 10.2. The molecule has 0 radical (unpaired) electrons. The van der Waals surface area contributed by atoms with Crippen molar-refractivity contribution in [2.24, 2.45) is 23.7 Å². The van der Waals surface area contributed by atoms with E-state index in [4.69, 9.17) is 0 Å². The van der Waals surface area contributed by atoms with E-state index < -0.39 is 0 Å². The van der Waals surface area contributed by atoms with Crippen molar-refractivity contribution in [3.63, 3.8) is 0 Å². The van der Waals surface area contributed by atoms with Crippen molar-refractivity contribution >= 4 is 11.8 Å². The predicted molar refractivity (Wildman–Crippen MR) is 131 cm³/mol. The van der Waals surface area contributed by atoms with Gasteiger partial charge in [0.15, 0.2) is 0 Å². The van der Waals surface area contributed by atoms with Crippen molar-refractivity contribution in [2.45, 2.75) is 51.9 Å². The lowest BCUT2D eigenvalue weighted by molar-refractivity contribution is -0.130. The highest BCUT2D eigenvalue weighted by Crippen LogP contribution is 2.42. The van der Waals surface area contributed by atoms with Gasteiger partial charge < -0.3 is 9.80 Å². The summed E-state index contributed by atoms with van der Waals surface area (Å²) in [7, 11) is 0. The smallest absolute Gasteiger partial charge is 0.274 e. The summed E-state index contributed by atoms with van der Waals surface area (Å²) >= 11 is 0. The molecule has 0 spiro atoms. The summed E-state index contributed by atoms with van der Waals surface area (Å²) in [5, 5.41) is 0. The van der Waals surface area contributed by atoms with Gasteiger partial charge in [-0.25, -0.2) is 4.98 Å². The molecule has 0 N–H and O–H groups in total. The number of aromatic nitrogens is 2. The van der Waals surface area contributed by atoms with Crippen LogP contribution in [0.15, 0.2) is 42.7 Å². The quantitative estimate of drug-likeness (QED) is 0.676. The molecule has 5 rings (SSSR count). The maximum absolute atomic E-state index is 13.6. The molecule has 34 heavy (non-hydrogen) atoms. The molecule has 2 amide bonds. The lowest BCUT2D eigenvalue weighted by Gasteiger charge is -2.33. The van der Waals surface area contributed by atoms with E-state index in [9.17, 15) is 9.59 Å². The fourth-order valence-electron chi connectivity index (χ4n) is 6.56. The minimum Gasteiger partial charge on any atom is -0.343 e. The third-order valence-corrected chi connectivity index (χ3v) is 8.30. The maximum Gasteiger partial charge on any atom is 0.274 e. The molecule has 2 aliphatic heterocycles. The number of amides is 2. The fourth-order valence-corrected chi connectivity index (χ4v) is 6.56. The molecule has 2 saturated heterocycles. The molecule has 1 aliphatic carbocycles. The zero-order valence-electron chi connectivity index (χ0n) is 20.2. The molecule has 4 atom stereocenters. The van der Waals surface area contributed by atoms with Crippen LogP contribution in [0.4, 0.5) is 0 Å². The van der Waals surface area contributed by atoms with Gasteiger partial charge in [0.2, 0.25) is 5.91 Å². The van der Waals surface area contributed by atoms with Gasteiger partial charge in [-0.2, -0.15) is 0 Å². The summed E-state index contributed by atoms with van der Waals surface area (Å²) in [5.41, 5.74) is 2.71. The van der Waals surface area contributed by atoms with Crippen molar-refractivity contribution in [1.29, 1.82) is 0 Å². The first-order valence-electron chi connectivity index (χ1n) is 13.0. The normalized spacial score (nSPS) is 26.9. The van der Waals surface area contributed by atoms with E-state index in [1.165, 1.54) is 24.8 Å². The van der Waals surface area contributed by atoms with Gasteiger partial charge in [0.05, 0.1) is 5.69 Å². The highest BCUT2D eigenvalue weighted by atomic mass is 16.2.